The molecule has 3 heterocycles. The Balaban J connectivity index is 1.58. The smallest absolute Gasteiger partial charge is 0.282 e. The van der Waals surface area contributed by atoms with Crippen LogP contribution in [0.3, 0.4) is 0 Å². The van der Waals surface area contributed by atoms with Crippen LogP contribution in [-0.4, -0.2) is 36.0 Å². The summed E-state index contributed by atoms with van der Waals surface area (Å²) in [7, 11) is 0. The van der Waals surface area contributed by atoms with Crippen molar-refractivity contribution in [2.24, 2.45) is 0 Å². The molecule has 4 aromatic rings. The summed E-state index contributed by atoms with van der Waals surface area (Å²) in [6.07, 6.45) is 6.65. The molecule has 0 saturated carbocycles. The van der Waals surface area contributed by atoms with E-state index in [9.17, 15) is 9.59 Å². The maximum Gasteiger partial charge on any atom is 0.282 e. The number of Topliss-reactive ketones (excluding diaryl/α,β-unsaturated/α-hetero) is 1. The van der Waals surface area contributed by atoms with Gasteiger partial charge in [-0.05, 0) is 12.0 Å². The number of aryl methyl sites for hydroxylation is 1. The fourth-order valence-electron chi connectivity index (χ4n) is 2.83. The molecule has 9 heteroatoms. The van der Waals surface area contributed by atoms with Gasteiger partial charge in [0, 0.05) is 18.9 Å². The Morgan fingerprint density at radius 1 is 1.07 bits per heavy atom. The maximum absolute atomic E-state index is 13.0. The fraction of sp³-hybridized carbons (Fsp3) is 0.200. The van der Waals surface area contributed by atoms with E-state index < -0.39 is 0 Å². The first kappa shape index (κ1) is 19.0. The highest BCUT2D eigenvalue weighted by Gasteiger charge is 2.15. The normalized spacial score (nSPS) is 11.0. The quantitative estimate of drug-likeness (QED) is 0.324. The van der Waals surface area contributed by atoms with Crippen LogP contribution >= 0.6 is 11.8 Å². The molecule has 0 spiro atoms. The van der Waals surface area contributed by atoms with Gasteiger partial charge in [-0.2, -0.15) is 0 Å². The van der Waals surface area contributed by atoms with Crippen molar-refractivity contribution in [1.29, 1.82) is 0 Å². The highest BCUT2D eigenvalue weighted by Crippen LogP contribution is 2.17. The van der Waals surface area contributed by atoms with E-state index in [1.165, 1.54) is 36.6 Å². The van der Waals surface area contributed by atoms with Crippen molar-refractivity contribution >= 4 is 28.7 Å². The van der Waals surface area contributed by atoms with Gasteiger partial charge in [0.2, 0.25) is 5.89 Å². The van der Waals surface area contributed by atoms with Crippen molar-refractivity contribution in [1.82, 2.24) is 24.5 Å². The maximum atomic E-state index is 13.0. The molecule has 4 rings (SSSR count). The van der Waals surface area contributed by atoms with E-state index in [1.54, 1.807) is 4.57 Å². The van der Waals surface area contributed by atoms with E-state index in [1.807, 2.05) is 30.3 Å². The summed E-state index contributed by atoms with van der Waals surface area (Å²) < 4.78 is 6.68. The summed E-state index contributed by atoms with van der Waals surface area (Å²) in [6, 6.07) is 9.88. The van der Waals surface area contributed by atoms with E-state index >= 15 is 0 Å². The molecule has 3 aromatic heterocycles. The number of thioether (sulfide) groups is 1. The van der Waals surface area contributed by atoms with Crippen LogP contribution in [0.1, 0.15) is 11.5 Å². The van der Waals surface area contributed by atoms with Gasteiger partial charge in [-0.3, -0.25) is 14.2 Å². The molecule has 0 unspecified atom stereocenters. The molecule has 0 amide bonds. The zero-order chi connectivity index (χ0) is 20.1. The second-order valence-corrected chi connectivity index (χ2v) is 7.19. The van der Waals surface area contributed by atoms with Crippen LogP contribution in [0.15, 0.2) is 69.6 Å². The predicted molar refractivity (Wildman–Crippen MR) is 108 cm³/mol. The lowest BCUT2D eigenvalue weighted by atomic mass is 10.1. The van der Waals surface area contributed by atoms with E-state index in [0.717, 1.165) is 5.56 Å². The third-order valence-electron chi connectivity index (χ3n) is 4.22. The molecule has 0 fully saturated rings. The van der Waals surface area contributed by atoms with Crippen LogP contribution in [-0.2, 0) is 24.2 Å². The van der Waals surface area contributed by atoms with E-state index in [4.69, 9.17) is 4.42 Å². The standard InChI is InChI=1S/C20H17N5O3S/c26-15(12-16-21-9-11-28-16)13-29-20-24-18-17(22-7-8-23-18)19(27)25(20)10-6-14-4-2-1-3-5-14/h1-5,7-9,11H,6,10,12-13H2. The molecule has 0 bridgehead atoms. The first-order valence-corrected chi connectivity index (χ1v) is 9.97. The molecule has 0 radical (unpaired) electrons. The summed E-state index contributed by atoms with van der Waals surface area (Å²) in [4.78, 5) is 41.9. The number of ketones is 1. The molecule has 8 nitrogen and oxygen atoms in total. The van der Waals surface area contributed by atoms with Gasteiger partial charge >= 0.3 is 0 Å². The number of carbonyl (C=O) groups excluding carboxylic acids is 1. The summed E-state index contributed by atoms with van der Waals surface area (Å²) in [5, 5.41) is 0.444. The third-order valence-corrected chi connectivity index (χ3v) is 5.26. The molecular weight excluding hydrogens is 390 g/mol. The van der Waals surface area contributed by atoms with Gasteiger partial charge in [-0.25, -0.2) is 19.9 Å². The van der Waals surface area contributed by atoms with Gasteiger partial charge in [0.25, 0.3) is 5.56 Å². The lowest BCUT2D eigenvalue weighted by molar-refractivity contribution is -0.116. The molecule has 0 aliphatic carbocycles. The molecule has 0 saturated heterocycles. The van der Waals surface area contributed by atoms with Crippen LogP contribution in [0, 0.1) is 0 Å². The Morgan fingerprint density at radius 3 is 2.69 bits per heavy atom. The number of oxazole rings is 1. The summed E-state index contributed by atoms with van der Waals surface area (Å²) in [6.45, 7) is 0.429. The predicted octanol–water partition coefficient (Wildman–Crippen LogP) is 2.32. The monoisotopic (exact) mass is 407 g/mol. The van der Waals surface area contributed by atoms with Crippen molar-refractivity contribution in [2.45, 2.75) is 24.5 Å². The molecule has 0 N–H and O–H groups in total. The Hall–Kier alpha value is -3.33. The van der Waals surface area contributed by atoms with Crippen LogP contribution in [0.4, 0.5) is 0 Å². The fourth-order valence-corrected chi connectivity index (χ4v) is 3.70. The SMILES string of the molecule is O=C(CSc1nc2nccnc2c(=O)n1CCc1ccccc1)Cc1ncco1. The topological polar surface area (TPSA) is 104 Å². The summed E-state index contributed by atoms with van der Waals surface area (Å²) >= 11 is 1.21. The minimum absolute atomic E-state index is 0.0689. The Bertz CT molecular complexity index is 1180. The van der Waals surface area contributed by atoms with E-state index in [2.05, 4.69) is 19.9 Å². The third kappa shape index (κ3) is 4.57. The largest absolute Gasteiger partial charge is 0.449 e. The van der Waals surface area contributed by atoms with Crippen molar-refractivity contribution in [2.75, 3.05) is 5.75 Å². The second kappa shape index (κ2) is 8.78. The van der Waals surface area contributed by atoms with Gasteiger partial charge in [0.05, 0.1) is 18.4 Å². The van der Waals surface area contributed by atoms with Crippen LogP contribution in [0.25, 0.3) is 11.2 Å². The molecule has 0 atom stereocenters. The number of hydrogen-bond donors (Lipinski definition) is 0. The number of benzene rings is 1. The summed E-state index contributed by atoms with van der Waals surface area (Å²) in [5.41, 5.74) is 1.34. The van der Waals surface area contributed by atoms with Crippen molar-refractivity contribution in [3.05, 3.63) is 77.0 Å². The molecule has 1 aromatic carbocycles. The van der Waals surface area contributed by atoms with E-state index in [0.29, 0.717) is 24.0 Å². The molecule has 0 aliphatic heterocycles. The highest BCUT2D eigenvalue weighted by atomic mass is 32.2. The minimum atomic E-state index is -0.262. The number of carbonyl (C=O) groups is 1. The molecular formula is C20H17N5O3S. The number of nitrogens with zero attached hydrogens (tertiary/aromatic N) is 5. The average molecular weight is 407 g/mol. The first-order valence-electron chi connectivity index (χ1n) is 8.99. The van der Waals surface area contributed by atoms with Gasteiger partial charge in [-0.1, -0.05) is 42.1 Å². The van der Waals surface area contributed by atoms with Gasteiger partial charge in [-0.15, -0.1) is 0 Å². The summed E-state index contributed by atoms with van der Waals surface area (Å²) in [5.74, 6) is 0.446. The Kier molecular flexibility index (Phi) is 5.76. The zero-order valence-corrected chi connectivity index (χ0v) is 16.2. The second-order valence-electron chi connectivity index (χ2n) is 6.25. The average Bonchev–Trinajstić information content (AvgIpc) is 3.25. The lowest BCUT2D eigenvalue weighted by Crippen LogP contribution is -2.25. The van der Waals surface area contributed by atoms with Gasteiger partial charge in [0.1, 0.15) is 6.26 Å². The van der Waals surface area contributed by atoms with Gasteiger partial charge < -0.3 is 4.42 Å². The van der Waals surface area contributed by atoms with Crippen molar-refractivity contribution in [3.63, 3.8) is 0 Å². The highest BCUT2D eigenvalue weighted by molar-refractivity contribution is 7.99. The lowest BCUT2D eigenvalue weighted by Gasteiger charge is -2.12. The number of fused-ring (bicyclic) bond motifs is 1. The Morgan fingerprint density at radius 2 is 1.90 bits per heavy atom. The first-order chi connectivity index (χ1) is 14.2. The van der Waals surface area contributed by atoms with Crippen molar-refractivity contribution in [3.8, 4) is 0 Å². The van der Waals surface area contributed by atoms with Gasteiger partial charge in [0.15, 0.2) is 22.1 Å². The number of hydrogen-bond acceptors (Lipinski definition) is 8. The molecule has 29 heavy (non-hydrogen) atoms. The number of rotatable bonds is 8. The molecule has 0 aliphatic rings. The minimum Gasteiger partial charge on any atom is -0.449 e. The van der Waals surface area contributed by atoms with Crippen molar-refractivity contribution < 1.29 is 9.21 Å². The van der Waals surface area contributed by atoms with Crippen LogP contribution in [0.2, 0.25) is 0 Å². The Labute approximate surface area is 170 Å². The number of aromatic nitrogens is 5. The van der Waals surface area contributed by atoms with Crippen LogP contribution in [0.5, 0.6) is 0 Å². The van der Waals surface area contributed by atoms with E-state index in [-0.39, 0.29) is 34.7 Å². The molecule has 146 valence electrons. The van der Waals surface area contributed by atoms with Crippen LogP contribution < -0.4 is 5.56 Å². The zero-order valence-electron chi connectivity index (χ0n) is 15.4.